The smallest absolute Gasteiger partial charge is 0.254 e. The van der Waals surface area contributed by atoms with E-state index in [9.17, 15) is 4.79 Å². The van der Waals surface area contributed by atoms with Gasteiger partial charge in [-0.3, -0.25) is 4.79 Å². The van der Waals surface area contributed by atoms with Gasteiger partial charge in [-0.15, -0.1) is 11.3 Å². The van der Waals surface area contributed by atoms with Crippen molar-refractivity contribution in [2.45, 2.75) is 13.0 Å². The Morgan fingerprint density at radius 3 is 2.77 bits per heavy atom. The third kappa shape index (κ3) is 4.30. The van der Waals surface area contributed by atoms with Gasteiger partial charge in [-0.25, -0.2) is 14.6 Å². The predicted molar refractivity (Wildman–Crippen MR) is 136 cm³/mol. The largest absolute Gasteiger partial charge is 0.467 e. The van der Waals surface area contributed by atoms with Crippen molar-refractivity contribution in [3.63, 3.8) is 0 Å². The summed E-state index contributed by atoms with van der Waals surface area (Å²) in [5.41, 5.74) is 3.01. The lowest BCUT2D eigenvalue weighted by Crippen LogP contribution is -2.35. The SMILES string of the molecule is O=C(c1cc(-c2ccccc2)nc2c1cnn2Cc1ccco1)N1CCCN(c2nccs2)CC1. The highest BCUT2D eigenvalue weighted by Crippen LogP contribution is 2.27. The fourth-order valence-corrected chi connectivity index (χ4v) is 5.20. The molecule has 0 atom stereocenters. The summed E-state index contributed by atoms with van der Waals surface area (Å²) >= 11 is 1.63. The summed E-state index contributed by atoms with van der Waals surface area (Å²) in [6.45, 7) is 3.44. The number of aromatic nitrogens is 4. The number of anilines is 1. The summed E-state index contributed by atoms with van der Waals surface area (Å²) < 4.78 is 7.32. The molecule has 9 heteroatoms. The molecule has 0 bridgehead atoms. The molecule has 0 aliphatic carbocycles. The lowest BCUT2D eigenvalue weighted by molar-refractivity contribution is 0.0769. The second-order valence-electron chi connectivity index (χ2n) is 8.49. The van der Waals surface area contributed by atoms with Crippen LogP contribution in [0.2, 0.25) is 0 Å². The van der Waals surface area contributed by atoms with Gasteiger partial charge < -0.3 is 14.2 Å². The van der Waals surface area contributed by atoms with Crippen LogP contribution in [-0.2, 0) is 6.54 Å². The third-order valence-corrected chi connectivity index (χ3v) is 7.10. The van der Waals surface area contributed by atoms with Crippen molar-refractivity contribution in [3.8, 4) is 11.3 Å². The lowest BCUT2D eigenvalue weighted by atomic mass is 10.1. The molecule has 1 amide bonds. The Hall–Kier alpha value is -3.98. The van der Waals surface area contributed by atoms with Gasteiger partial charge in [0.2, 0.25) is 0 Å². The quantitative estimate of drug-likeness (QED) is 0.364. The molecule has 1 saturated heterocycles. The van der Waals surface area contributed by atoms with Crippen LogP contribution in [0.1, 0.15) is 22.5 Å². The molecule has 0 radical (unpaired) electrons. The van der Waals surface area contributed by atoms with Crippen LogP contribution < -0.4 is 4.90 Å². The van der Waals surface area contributed by atoms with E-state index in [0.717, 1.165) is 47.0 Å². The van der Waals surface area contributed by atoms with Gasteiger partial charge in [0, 0.05) is 43.3 Å². The molecule has 8 nitrogen and oxygen atoms in total. The maximum Gasteiger partial charge on any atom is 0.254 e. The van der Waals surface area contributed by atoms with E-state index in [1.807, 2.05) is 65.0 Å². The van der Waals surface area contributed by atoms with Gasteiger partial charge in [-0.1, -0.05) is 30.3 Å². The summed E-state index contributed by atoms with van der Waals surface area (Å²) in [5, 5.41) is 8.32. The van der Waals surface area contributed by atoms with Gasteiger partial charge >= 0.3 is 0 Å². The van der Waals surface area contributed by atoms with Crippen LogP contribution in [0.25, 0.3) is 22.3 Å². The number of rotatable bonds is 5. The van der Waals surface area contributed by atoms with Crippen LogP contribution in [0.3, 0.4) is 0 Å². The van der Waals surface area contributed by atoms with Crippen molar-refractivity contribution in [1.82, 2.24) is 24.6 Å². The molecule has 1 aliphatic heterocycles. The maximum atomic E-state index is 13.9. The standard InChI is InChI=1S/C26H24N6O2S/c33-25(30-10-5-11-31(13-12-30)26-27-9-15-35-26)21-16-23(19-6-2-1-3-7-19)29-24-22(21)17-28-32(24)18-20-8-4-14-34-20/h1-4,6-9,14-17H,5,10-13,18H2. The Bertz CT molecular complexity index is 1430. The van der Waals surface area contributed by atoms with Crippen LogP contribution in [0.15, 0.2) is 77.0 Å². The molecule has 1 aromatic carbocycles. The molecule has 176 valence electrons. The summed E-state index contributed by atoms with van der Waals surface area (Å²) in [7, 11) is 0. The van der Waals surface area contributed by atoms with Crippen LogP contribution in [0.5, 0.6) is 0 Å². The third-order valence-electron chi connectivity index (χ3n) is 6.27. The molecule has 5 aromatic rings. The van der Waals surface area contributed by atoms with E-state index in [4.69, 9.17) is 9.40 Å². The van der Waals surface area contributed by atoms with Crippen molar-refractivity contribution < 1.29 is 9.21 Å². The van der Waals surface area contributed by atoms with Crippen LogP contribution >= 0.6 is 11.3 Å². The molecule has 4 aromatic heterocycles. The molecule has 0 spiro atoms. The number of pyridine rings is 1. The second-order valence-corrected chi connectivity index (χ2v) is 9.36. The fraction of sp³-hybridized carbons (Fsp3) is 0.231. The van der Waals surface area contributed by atoms with E-state index in [1.54, 1.807) is 28.5 Å². The van der Waals surface area contributed by atoms with Gasteiger partial charge in [0.25, 0.3) is 5.91 Å². The highest BCUT2D eigenvalue weighted by atomic mass is 32.1. The number of carbonyl (C=O) groups is 1. The number of thiazole rings is 1. The van der Waals surface area contributed by atoms with Crippen molar-refractivity contribution in [3.05, 3.63) is 83.9 Å². The molecule has 1 aliphatic rings. The highest BCUT2D eigenvalue weighted by molar-refractivity contribution is 7.13. The first-order chi connectivity index (χ1) is 17.3. The number of hydrogen-bond acceptors (Lipinski definition) is 7. The summed E-state index contributed by atoms with van der Waals surface area (Å²) in [6.07, 6.45) is 6.11. The zero-order chi connectivity index (χ0) is 23.6. The molecule has 0 saturated carbocycles. The minimum atomic E-state index is 0.00752. The normalized spacial score (nSPS) is 14.4. The van der Waals surface area contributed by atoms with Crippen molar-refractivity contribution in [2.24, 2.45) is 0 Å². The van der Waals surface area contributed by atoms with Crippen molar-refractivity contribution in [2.75, 3.05) is 31.1 Å². The monoisotopic (exact) mass is 484 g/mol. The lowest BCUT2D eigenvalue weighted by Gasteiger charge is -2.22. The molecule has 6 rings (SSSR count). The number of furan rings is 1. The van der Waals surface area contributed by atoms with E-state index in [2.05, 4.69) is 15.0 Å². The van der Waals surface area contributed by atoms with Gasteiger partial charge in [0.15, 0.2) is 10.8 Å². The van der Waals surface area contributed by atoms with Crippen LogP contribution in [0, 0.1) is 0 Å². The number of nitrogens with zero attached hydrogens (tertiary/aromatic N) is 6. The Labute approximate surface area is 206 Å². The van der Waals surface area contributed by atoms with E-state index in [0.29, 0.717) is 30.8 Å². The number of hydrogen-bond donors (Lipinski definition) is 0. The summed E-state index contributed by atoms with van der Waals surface area (Å²) in [4.78, 5) is 27.4. The first-order valence-corrected chi connectivity index (χ1v) is 12.5. The Kier molecular flexibility index (Phi) is 5.75. The molecule has 5 heterocycles. The maximum absolute atomic E-state index is 13.9. The molecule has 35 heavy (non-hydrogen) atoms. The first kappa shape index (κ1) is 21.5. The molecule has 1 fully saturated rings. The van der Waals surface area contributed by atoms with E-state index in [-0.39, 0.29) is 5.91 Å². The zero-order valence-electron chi connectivity index (χ0n) is 19.1. The molecular formula is C26H24N6O2S. The minimum absolute atomic E-state index is 0.00752. The number of fused-ring (bicyclic) bond motifs is 1. The van der Waals surface area contributed by atoms with Crippen molar-refractivity contribution >= 4 is 33.4 Å². The van der Waals surface area contributed by atoms with E-state index >= 15 is 0 Å². The molecular weight excluding hydrogens is 460 g/mol. The Morgan fingerprint density at radius 1 is 1.06 bits per heavy atom. The minimum Gasteiger partial charge on any atom is -0.467 e. The average Bonchev–Trinajstić information content (AvgIpc) is 3.65. The van der Waals surface area contributed by atoms with E-state index in [1.165, 1.54) is 0 Å². The van der Waals surface area contributed by atoms with Crippen LogP contribution in [0.4, 0.5) is 5.13 Å². The fourth-order valence-electron chi connectivity index (χ4n) is 4.50. The summed E-state index contributed by atoms with van der Waals surface area (Å²) in [5.74, 6) is 0.790. The number of carbonyl (C=O) groups excluding carboxylic acids is 1. The predicted octanol–water partition coefficient (Wildman–Crippen LogP) is 4.55. The second kappa shape index (κ2) is 9.34. The average molecular weight is 485 g/mol. The zero-order valence-corrected chi connectivity index (χ0v) is 19.9. The van der Waals surface area contributed by atoms with Crippen LogP contribution in [-0.4, -0.2) is 56.7 Å². The van der Waals surface area contributed by atoms with Gasteiger partial charge in [0.05, 0.1) is 29.1 Å². The number of benzene rings is 1. The Balaban J connectivity index is 1.37. The summed E-state index contributed by atoms with van der Waals surface area (Å²) in [6, 6.07) is 15.6. The van der Waals surface area contributed by atoms with Gasteiger partial charge in [-0.05, 0) is 24.6 Å². The van der Waals surface area contributed by atoms with Crippen molar-refractivity contribution in [1.29, 1.82) is 0 Å². The first-order valence-electron chi connectivity index (χ1n) is 11.6. The highest BCUT2D eigenvalue weighted by Gasteiger charge is 2.25. The Morgan fingerprint density at radius 2 is 1.97 bits per heavy atom. The van der Waals surface area contributed by atoms with Gasteiger partial charge in [0.1, 0.15) is 12.3 Å². The molecule has 0 unspecified atom stereocenters. The number of amides is 1. The van der Waals surface area contributed by atoms with Gasteiger partial charge in [-0.2, -0.15) is 5.10 Å². The molecule has 0 N–H and O–H groups in total. The van der Waals surface area contributed by atoms with E-state index < -0.39 is 0 Å². The topological polar surface area (TPSA) is 80.3 Å².